The van der Waals surface area contributed by atoms with Crippen LogP contribution in [0.25, 0.3) is 0 Å². The van der Waals surface area contributed by atoms with Crippen molar-refractivity contribution in [3.63, 3.8) is 0 Å². The van der Waals surface area contributed by atoms with Crippen LogP contribution in [0.3, 0.4) is 0 Å². The number of ketones is 1. The number of methoxy groups -OCH3 is 2. The predicted octanol–water partition coefficient (Wildman–Crippen LogP) is 4.45. The molecule has 8 heteroatoms. The fourth-order valence-electron chi connectivity index (χ4n) is 2.55. The van der Waals surface area contributed by atoms with E-state index in [4.69, 9.17) is 9.47 Å². The van der Waals surface area contributed by atoms with E-state index in [1.54, 1.807) is 44.2 Å². The lowest BCUT2D eigenvalue weighted by molar-refractivity contribution is 0.101. The van der Waals surface area contributed by atoms with Crippen molar-refractivity contribution >= 4 is 34.0 Å². The number of carbonyl (C=O) groups excluding carboxylic acids is 1. The minimum Gasteiger partial charge on any atom is -0.493 e. The Labute approximate surface area is 172 Å². The van der Waals surface area contributed by atoms with Crippen molar-refractivity contribution in [2.75, 3.05) is 26.1 Å². The third-order valence-electron chi connectivity index (χ3n) is 3.96. The van der Waals surface area contributed by atoms with Crippen LogP contribution in [-0.4, -0.2) is 36.7 Å². The molecule has 0 fully saturated rings. The Hall–Kier alpha value is -2.58. The zero-order valence-electron chi connectivity index (χ0n) is 15.9. The molecular formula is C20H21N3O3S2. The monoisotopic (exact) mass is 415 g/mol. The molecule has 1 aromatic heterocycles. The molecule has 0 amide bonds. The van der Waals surface area contributed by atoms with E-state index in [-0.39, 0.29) is 12.3 Å². The van der Waals surface area contributed by atoms with Gasteiger partial charge in [0, 0.05) is 11.3 Å². The van der Waals surface area contributed by atoms with Gasteiger partial charge in [0.2, 0.25) is 5.13 Å². The molecule has 0 bridgehead atoms. The Kier molecular flexibility index (Phi) is 6.89. The molecule has 0 radical (unpaired) electrons. The second-order valence-corrected chi connectivity index (χ2v) is 8.20. The maximum absolute atomic E-state index is 12.4. The number of aromatic nitrogens is 2. The Morgan fingerprint density at radius 3 is 2.68 bits per heavy atom. The Morgan fingerprint density at radius 1 is 1.11 bits per heavy atom. The number of ether oxygens (including phenoxy) is 2. The van der Waals surface area contributed by atoms with E-state index in [0.717, 1.165) is 10.1 Å². The van der Waals surface area contributed by atoms with Crippen molar-refractivity contribution in [3.8, 4) is 11.5 Å². The van der Waals surface area contributed by atoms with Gasteiger partial charge in [0.05, 0.1) is 20.8 Å². The number of rotatable bonds is 9. The van der Waals surface area contributed by atoms with Crippen molar-refractivity contribution in [1.29, 1.82) is 0 Å². The molecule has 2 aromatic carbocycles. The van der Waals surface area contributed by atoms with Gasteiger partial charge in [-0.2, -0.15) is 0 Å². The molecule has 0 aliphatic rings. The summed E-state index contributed by atoms with van der Waals surface area (Å²) in [5, 5.41) is 12.0. The summed E-state index contributed by atoms with van der Waals surface area (Å²) in [5.41, 5.74) is 3.04. The van der Waals surface area contributed by atoms with Crippen molar-refractivity contribution in [3.05, 3.63) is 59.2 Å². The van der Waals surface area contributed by atoms with Crippen LogP contribution in [0.2, 0.25) is 0 Å². The number of hydrogen-bond acceptors (Lipinski definition) is 8. The number of Topliss-reactive ketones (excluding diaryl/α,β-unsaturated/α-hetero) is 1. The van der Waals surface area contributed by atoms with Crippen LogP contribution in [0, 0.1) is 6.92 Å². The van der Waals surface area contributed by atoms with Crippen LogP contribution < -0.4 is 14.8 Å². The van der Waals surface area contributed by atoms with Gasteiger partial charge < -0.3 is 14.8 Å². The molecule has 0 spiro atoms. The largest absolute Gasteiger partial charge is 0.493 e. The number of nitrogens with one attached hydrogen (secondary N) is 1. The van der Waals surface area contributed by atoms with Crippen LogP contribution in [-0.2, 0) is 5.75 Å². The standard InChI is InChI=1S/C20H21N3O3S2/c1-13-5-4-6-14(9-13)12-27-20-23-22-19(28-20)21-11-16(24)15-7-8-17(25-2)18(10-15)26-3/h4-10H,11-12H2,1-3H3,(H,21,22). The van der Waals surface area contributed by atoms with Crippen LogP contribution in [0.5, 0.6) is 11.5 Å². The summed E-state index contributed by atoms with van der Waals surface area (Å²) in [5.74, 6) is 1.89. The van der Waals surface area contributed by atoms with E-state index >= 15 is 0 Å². The van der Waals surface area contributed by atoms with Gasteiger partial charge in [0.15, 0.2) is 21.6 Å². The molecule has 0 atom stereocenters. The van der Waals surface area contributed by atoms with E-state index in [1.807, 2.05) is 0 Å². The lowest BCUT2D eigenvalue weighted by atomic mass is 10.1. The van der Waals surface area contributed by atoms with E-state index in [2.05, 4.69) is 46.7 Å². The summed E-state index contributed by atoms with van der Waals surface area (Å²) in [7, 11) is 3.10. The smallest absolute Gasteiger partial charge is 0.206 e. The summed E-state index contributed by atoms with van der Waals surface area (Å²) >= 11 is 3.07. The fraction of sp³-hybridized carbons (Fsp3) is 0.250. The lowest BCUT2D eigenvalue weighted by Crippen LogP contribution is -2.14. The van der Waals surface area contributed by atoms with E-state index < -0.39 is 0 Å². The second kappa shape index (κ2) is 9.57. The summed E-state index contributed by atoms with van der Waals surface area (Å²) < 4.78 is 11.3. The second-order valence-electron chi connectivity index (χ2n) is 6.00. The molecule has 1 N–H and O–H groups in total. The molecule has 146 valence electrons. The van der Waals surface area contributed by atoms with Gasteiger partial charge in [-0.3, -0.25) is 4.79 Å². The first kappa shape index (κ1) is 20.2. The number of thioether (sulfide) groups is 1. The minimum atomic E-state index is -0.0647. The van der Waals surface area contributed by atoms with Crippen LogP contribution in [0.15, 0.2) is 46.8 Å². The molecule has 0 aliphatic carbocycles. The molecule has 0 aliphatic heterocycles. The first-order valence-corrected chi connectivity index (χ1v) is 10.4. The third-order valence-corrected chi connectivity index (χ3v) is 6.04. The lowest BCUT2D eigenvalue weighted by Gasteiger charge is -2.09. The SMILES string of the molecule is COc1ccc(C(=O)CNc2nnc(SCc3cccc(C)c3)s2)cc1OC. The molecule has 28 heavy (non-hydrogen) atoms. The van der Waals surface area contributed by atoms with Gasteiger partial charge >= 0.3 is 0 Å². The van der Waals surface area contributed by atoms with Crippen molar-refractivity contribution < 1.29 is 14.3 Å². The van der Waals surface area contributed by atoms with E-state index in [9.17, 15) is 4.79 Å². The van der Waals surface area contributed by atoms with E-state index in [1.165, 1.54) is 22.5 Å². The predicted molar refractivity (Wildman–Crippen MR) is 113 cm³/mol. The highest BCUT2D eigenvalue weighted by Crippen LogP contribution is 2.29. The zero-order chi connectivity index (χ0) is 19.9. The maximum Gasteiger partial charge on any atom is 0.206 e. The van der Waals surface area contributed by atoms with Gasteiger partial charge in [-0.05, 0) is 30.7 Å². The van der Waals surface area contributed by atoms with Gasteiger partial charge in [0.1, 0.15) is 0 Å². The molecule has 1 heterocycles. The number of anilines is 1. The topological polar surface area (TPSA) is 73.3 Å². The highest BCUT2D eigenvalue weighted by Gasteiger charge is 2.12. The van der Waals surface area contributed by atoms with Crippen molar-refractivity contribution in [1.82, 2.24) is 10.2 Å². The van der Waals surface area contributed by atoms with Crippen molar-refractivity contribution in [2.24, 2.45) is 0 Å². The first-order chi connectivity index (χ1) is 13.6. The summed E-state index contributed by atoms with van der Waals surface area (Å²) in [4.78, 5) is 12.4. The van der Waals surface area contributed by atoms with Gasteiger partial charge in [-0.1, -0.05) is 52.9 Å². The first-order valence-electron chi connectivity index (χ1n) is 8.60. The number of carbonyl (C=O) groups is 1. The number of hydrogen-bond donors (Lipinski definition) is 1. The minimum absolute atomic E-state index is 0.0647. The summed E-state index contributed by atoms with van der Waals surface area (Å²) in [6.45, 7) is 2.21. The van der Waals surface area contributed by atoms with Crippen LogP contribution in [0.1, 0.15) is 21.5 Å². The maximum atomic E-state index is 12.4. The molecule has 6 nitrogen and oxygen atoms in total. The fourth-order valence-corrected chi connectivity index (χ4v) is 4.24. The normalized spacial score (nSPS) is 10.5. The zero-order valence-corrected chi connectivity index (χ0v) is 17.5. The molecular weight excluding hydrogens is 394 g/mol. The molecule has 3 rings (SSSR count). The average Bonchev–Trinajstić information content (AvgIpc) is 3.18. The highest BCUT2D eigenvalue weighted by molar-refractivity contribution is 8.00. The van der Waals surface area contributed by atoms with Gasteiger partial charge in [-0.15, -0.1) is 10.2 Å². The Balaban J connectivity index is 1.54. The number of aryl methyl sites for hydroxylation is 1. The molecule has 3 aromatic rings. The van der Waals surface area contributed by atoms with E-state index in [0.29, 0.717) is 22.2 Å². The average molecular weight is 416 g/mol. The summed E-state index contributed by atoms with van der Waals surface area (Å²) in [6.07, 6.45) is 0. The number of nitrogens with zero attached hydrogens (tertiary/aromatic N) is 2. The number of benzene rings is 2. The Bertz CT molecular complexity index is 959. The van der Waals surface area contributed by atoms with Gasteiger partial charge in [-0.25, -0.2) is 0 Å². The Morgan fingerprint density at radius 2 is 1.93 bits per heavy atom. The molecule has 0 unspecified atom stereocenters. The van der Waals surface area contributed by atoms with Crippen LogP contribution >= 0.6 is 23.1 Å². The third kappa shape index (κ3) is 5.24. The molecule has 0 saturated heterocycles. The van der Waals surface area contributed by atoms with Gasteiger partial charge in [0.25, 0.3) is 0 Å². The molecule has 0 saturated carbocycles. The summed E-state index contributed by atoms with van der Waals surface area (Å²) in [6, 6.07) is 13.5. The van der Waals surface area contributed by atoms with Crippen LogP contribution in [0.4, 0.5) is 5.13 Å². The quantitative estimate of drug-likeness (QED) is 0.409. The van der Waals surface area contributed by atoms with Crippen molar-refractivity contribution in [2.45, 2.75) is 17.0 Å². The highest BCUT2D eigenvalue weighted by atomic mass is 32.2.